The van der Waals surface area contributed by atoms with E-state index in [0.717, 1.165) is 0 Å². The van der Waals surface area contributed by atoms with E-state index in [1.165, 1.54) is 0 Å². The first kappa shape index (κ1) is 15.4. The highest BCUT2D eigenvalue weighted by Crippen LogP contribution is 2.48. The third-order valence-corrected chi connectivity index (χ3v) is 5.12. The second-order valence-corrected chi connectivity index (χ2v) is 6.51. The molecule has 4 atom stereocenters. The van der Waals surface area contributed by atoms with Crippen LogP contribution < -0.4 is 0 Å². The average molecular weight is 341 g/mol. The zero-order valence-electron chi connectivity index (χ0n) is 11.5. The van der Waals surface area contributed by atoms with Gasteiger partial charge in [0.25, 0.3) is 0 Å². The fraction of sp³-hybridized carbons (Fsp3) is 0.375. The van der Waals surface area contributed by atoms with Crippen LogP contribution in [0.15, 0.2) is 30.4 Å². The highest BCUT2D eigenvalue weighted by Gasteiger charge is 2.52. The summed E-state index contributed by atoms with van der Waals surface area (Å²) in [7, 11) is 0. The molecule has 0 unspecified atom stereocenters. The molecule has 2 aliphatic carbocycles. The number of esters is 1. The largest absolute Gasteiger partial charge is 0.481 e. The van der Waals surface area contributed by atoms with Gasteiger partial charge in [-0.3, -0.25) is 9.59 Å². The molecule has 0 saturated heterocycles. The molecular weight excluding hydrogens is 327 g/mol. The standard InChI is InChI=1S/C16H14Cl2O4/c17-11-4-1-8(5-12(11)18)7-22-16(21)14-10-3-2-9(6-10)13(14)15(19)20/h1-5,9-10,13-14H,6-7H2,(H,19,20)/t9-,10-,13-,14+/m0/s1. The van der Waals surface area contributed by atoms with Gasteiger partial charge in [0.1, 0.15) is 6.61 Å². The van der Waals surface area contributed by atoms with E-state index in [1.807, 2.05) is 12.2 Å². The van der Waals surface area contributed by atoms with Gasteiger partial charge in [0.05, 0.1) is 21.9 Å². The number of carbonyl (C=O) groups is 2. The lowest BCUT2D eigenvalue weighted by atomic mass is 9.83. The minimum atomic E-state index is -0.937. The van der Waals surface area contributed by atoms with Crippen molar-refractivity contribution in [2.24, 2.45) is 23.7 Å². The summed E-state index contributed by atoms with van der Waals surface area (Å²) in [5, 5.41) is 10.2. The quantitative estimate of drug-likeness (QED) is 0.672. The Bertz CT molecular complexity index is 656. The van der Waals surface area contributed by atoms with E-state index in [1.54, 1.807) is 18.2 Å². The Hall–Kier alpha value is -1.52. The number of halogens is 2. The molecule has 1 N–H and O–H groups in total. The number of hydrogen-bond acceptors (Lipinski definition) is 3. The Morgan fingerprint density at radius 3 is 2.45 bits per heavy atom. The van der Waals surface area contributed by atoms with E-state index in [0.29, 0.717) is 22.0 Å². The summed E-state index contributed by atoms with van der Waals surface area (Å²) in [6.45, 7) is 0.0552. The molecule has 2 bridgehead atoms. The van der Waals surface area contributed by atoms with E-state index in [4.69, 9.17) is 27.9 Å². The van der Waals surface area contributed by atoms with Crippen molar-refractivity contribution in [3.63, 3.8) is 0 Å². The van der Waals surface area contributed by atoms with Crippen molar-refractivity contribution in [1.29, 1.82) is 0 Å². The number of benzene rings is 1. The molecule has 1 aromatic rings. The molecule has 1 fully saturated rings. The molecule has 0 heterocycles. The van der Waals surface area contributed by atoms with Crippen LogP contribution in [0.4, 0.5) is 0 Å². The van der Waals surface area contributed by atoms with Crippen molar-refractivity contribution in [2.45, 2.75) is 13.0 Å². The first-order chi connectivity index (χ1) is 10.5. The van der Waals surface area contributed by atoms with Crippen LogP contribution in [0.1, 0.15) is 12.0 Å². The summed E-state index contributed by atoms with van der Waals surface area (Å²) in [6, 6.07) is 4.98. The Labute approximate surface area is 137 Å². The summed E-state index contributed by atoms with van der Waals surface area (Å²) in [6.07, 6.45) is 4.53. The van der Waals surface area contributed by atoms with E-state index in [9.17, 15) is 14.7 Å². The first-order valence-corrected chi connectivity index (χ1v) is 7.74. The lowest BCUT2D eigenvalue weighted by Gasteiger charge is -2.23. The predicted octanol–water partition coefficient (Wildman–Crippen LogP) is 3.56. The highest BCUT2D eigenvalue weighted by atomic mass is 35.5. The maximum absolute atomic E-state index is 12.3. The molecule has 0 spiro atoms. The van der Waals surface area contributed by atoms with E-state index < -0.39 is 23.8 Å². The van der Waals surface area contributed by atoms with Gasteiger partial charge >= 0.3 is 11.9 Å². The van der Waals surface area contributed by atoms with Crippen LogP contribution >= 0.6 is 23.2 Å². The van der Waals surface area contributed by atoms with Gasteiger partial charge in [0, 0.05) is 0 Å². The SMILES string of the molecule is O=C(O)[C@@H]1[C@H](C(=O)OCc2ccc(Cl)c(Cl)c2)[C@H]2C=C[C@H]1C2. The van der Waals surface area contributed by atoms with Crippen LogP contribution in [-0.2, 0) is 20.9 Å². The van der Waals surface area contributed by atoms with Gasteiger partial charge in [-0.25, -0.2) is 0 Å². The van der Waals surface area contributed by atoms with Gasteiger partial charge < -0.3 is 9.84 Å². The lowest BCUT2D eigenvalue weighted by molar-refractivity contribution is -0.159. The molecule has 2 aliphatic rings. The molecule has 22 heavy (non-hydrogen) atoms. The zero-order valence-corrected chi connectivity index (χ0v) is 13.1. The second-order valence-electron chi connectivity index (χ2n) is 5.69. The van der Waals surface area contributed by atoms with E-state index in [-0.39, 0.29) is 18.4 Å². The Morgan fingerprint density at radius 1 is 1.14 bits per heavy atom. The highest BCUT2D eigenvalue weighted by molar-refractivity contribution is 6.42. The van der Waals surface area contributed by atoms with Crippen molar-refractivity contribution in [1.82, 2.24) is 0 Å². The van der Waals surface area contributed by atoms with Crippen LogP contribution in [-0.4, -0.2) is 17.0 Å². The summed E-state index contributed by atoms with van der Waals surface area (Å²) in [5.74, 6) is -2.78. The third kappa shape index (κ3) is 2.73. The summed E-state index contributed by atoms with van der Waals surface area (Å²) in [4.78, 5) is 23.7. The molecule has 4 nitrogen and oxygen atoms in total. The number of aliphatic carboxylic acids is 1. The second kappa shape index (κ2) is 5.94. The number of hydrogen-bond donors (Lipinski definition) is 1. The van der Waals surface area contributed by atoms with Crippen molar-refractivity contribution >= 4 is 35.1 Å². The van der Waals surface area contributed by atoms with Gasteiger partial charge in [-0.05, 0) is 36.0 Å². The topological polar surface area (TPSA) is 63.6 Å². The van der Waals surface area contributed by atoms with E-state index >= 15 is 0 Å². The molecule has 0 radical (unpaired) electrons. The molecule has 0 aliphatic heterocycles. The van der Waals surface area contributed by atoms with Crippen LogP contribution in [0.3, 0.4) is 0 Å². The minimum Gasteiger partial charge on any atom is -0.481 e. The maximum Gasteiger partial charge on any atom is 0.310 e. The van der Waals surface area contributed by atoms with Gasteiger partial charge in [-0.15, -0.1) is 0 Å². The van der Waals surface area contributed by atoms with Gasteiger partial charge in [-0.1, -0.05) is 41.4 Å². The predicted molar refractivity (Wildman–Crippen MR) is 81.6 cm³/mol. The first-order valence-electron chi connectivity index (χ1n) is 6.99. The Morgan fingerprint density at radius 2 is 1.82 bits per heavy atom. The van der Waals surface area contributed by atoms with Crippen molar-refractivity contribution in [3.8, 4) is 0 Å². The van der Waals surface area contributed by atoms with Crippen LogP contribution in [0.5, 0.6) is 0 Å². The maximum atomic E-state index is 12.3. The van der Waals surface area contributed by atoms with Gasteiger partial charge in [0.2, 0.25) is 0 Å². The van der Waals surface area contributed by atoms with Crippen LogP contribution in [0.25, 0.3) is 0 Å². The molecule has 1 saturated carbocycles. The molecule has 3 rings (SSSR count). The Kier molecular flexibility index (Phi) is 4.15. The fourth-order valence-electron chi connectivity index (χ4n) is 3.36. The van der Waals surface area contributed by atoms with Crippen molar-refractivity contribution < 1.29 is 19.4 Å². The normalized spacial score (nSPS) is 28.8. The molecule has 0 aromatic heterocycles. The van der Waals surface area contributed by atoms with Crippen molar-refractivity contribution in [2.75, 3.05) is 0 Å². The molecule has 1 aromatic carbocycles. The fourth-order valence-corrected chi connectivity index (χ4v) is 3.68. The van der Waals surface area contributed by atoms with E-state index in [2.05, 4.69) is 0 Å². The zero-order chi connectivity index (χ0) is 15.9. The van der Waals surface area contributed by atoms with Gasteiger partial charge in [0.15, 0.2) is 0 Å². The number of rotatable bonds is 4. The number of allylic oxidation sites excluding steroid dienone is 2. The van der Waals surface area contributed by atoms with Gasteiger partial charge in [-0.2, -0.15) is 0 Å². The number of carboxylic acid groups (broad SMARTS) is 1. The number of carboxylic acids is 1. The molecule has 116 valence electrons. The van der Waals surface area contributed by atoms with Crippen LogP contribution in [0.2, 0.25) is 10.0 Å². The number of ether oxygens (including phenoxy) is 1. The molecule has 6 heteroatoms. The number of fused-ring (bicyclic) bond motifs is 2. The smallest absolute Gasteiger partial charge is 0.310 e. The third-order valence-electron chi connectivity index (χ3n) is 4.38. The Balaban J connectivity index is 1.68. The molecular formula is C16H14Cl2O4. The summed E-state index contributed by atoms with van der Waals surface area (Å²) < 4.78 is 5.30. The monoisotopic (exact) mass is 340 g/mol. The summed E-state index contributed by atoms with van der Waals surface area (Å²) >= 11 is 11.7. The number of carbonyl (C=O) groups excluding carboxylic acids is 1. The minimum absolute atomic E-state index is 0.0348. The lowest BCUT2D eigenvalue weighted by Crippen LogP contribution is -2.34. The average Bonchev–Trinajstić information content (AvgIpc) is 3.08. The summed E-state index contributed by atoms with van der Waals surface area (Å²) in [5.41, 5.74) is 0.716. The van der Waals surface area contributed by atoms with Crippen LogP contribution in [0, 0.1) is 23.7 Å². The molecule has 0 amide bonds. The van der Waals surface area contributed by atoms with Crippen molar-refractivity contribution in [3.05, 3.63) is 46.0 Å².